The molecule has 3 aromatic rings. The minimum Gasteiger partial charge on any atom is -0.323 e. The third-order valence-electron chi connectivity index (χ3n) is 4.57. The lowest BCUT2D eigenvalue weighted by Gasteiger charge is -2.17. The summed E-state index contributed by atoms with van der Waals surface area (Å²) in [5, 5.41) is 7.12. The van der Waals surface area contributed by atoms with E-state index in [-0.39, 0.29) is 6.03 Å². The molecule has 4 rings (SSSR count). The van der Waals surface area contributed by atoms with Crippen molar-refractivity contribution in [1.82, 2.24) is 14.7 Å². The highest BCUT2D eigenvalue weighted by Gasteiger charge is 2.18. The predicted molar refractivity (Wildman–Crippen MR) is 98.4 cm³/mol. The van der Waals surface area contributed by atoms with Crippen LogP contribution in [0.2, 0.25) is 0 Å². The maximum absolute atomic E-state index is 12.4. The predicted octanol–water partition coefficient (Wildman–Crippen LogP) is 3.66. The lowest BCUT2D eigenvalue weighted by Crippen LogP contribution is -2.30. The van der Waals surface area contributed by atoms with Gasteiger partial charge in [0.05, 0.1) is 12.7 Å². The number of fused-ring (bicyclic) bond motifs is 3. The van der Waals surface area contributed by atoms with Crippen LogP contribution in [0.25, 0.3) is 11.1 Å². The first-order valence-corrected chi connectivity index (χ1v) is 8.31. The van der Waals surface area contributed by atoms with Gasteiger partial charge in [0.25, 0.3) is 0 Å². The van der Waals surface area contributed by atoms with Crippen LogP contribution in [0.4, 0.5) is 10.5 Å². The Morgan fingerprint density at radius 3 is 2.80 bits per heavy atom. The number of nitrogens with one attached hydrogen (secondary N) is 1. The fraction of sp³-hybridized carbons (Fsp3) is 0.200. The normalized spacial score (nSPS) is 11.8. The number of carbonyl (C=O) groups excluding carboxylic acids is 1. The zero-order valence-electron chi connectivity index (χ0n) is 14.4. The number of aromatic nitrogens is 2. The van der Waals surface area contributed by atoms with Gasteiger partial charge in [-0.1, -0.05) is 30.3 Å². The van der Waals surface area contributed by atoms with Gasteiger partial charge in [-0.3, -0.25) is 4.68 Å². The summed E-state index contributed by atoms with van der Waals surface area (Å²) in [6.07, 6.45) is 4.60. The number of aryl methyl sites for hydroxylation is 1. The molecule has 1 heterocycles. The number of hydrogen-bond donors (Lipinski definition) is 1. The minimum absolute atomic E-state index is 0.126. The first kappa shape index (κ1) is 15.4. The fourth-order valence-corrected chi connectivity index (χ4v) is 3.34. The molecule has 0 radical (unpaired) electrons. The Morgan fingerprint density at radius 1 is 1.20 bits per heavy atom. The summed E-state index contributed by atoms with van der Waals surface area (Å²) in [6, 6.07) is 14.5. The molecule has 0 bridgehead atoms. The van der Waals surface area contributed by atoms with Crippen molar-refractivity contribution in [2.75, 3.05) is 12.4 Å². The van der Waals surface area contributed by atoms with E-state index in [1.807, 2.05) is 19.3 Å². The second-order valence-electron chi connectivity index (χ2n) is 6.51. The number of urea groups is 1. The molecule has 2 aromatic carbocycles. The Balaban J connectivity index is 1.46. The molecule has 0 unspecified atom stereocenters. The van der Waals surface area contributed by atoms with E-state index in [1.54, 1.807) is 22.8 Å². The molecule has 1 aromatic heterocycles. The van der Waals surface area contributed by atoms with Crippen molar-refractivity contribution in [2.45, 2.75) is 13.0 Å². The van der Waals surface area contributed by atoms with Gasteiger partial charge in [0.1, 0.15) is 0 Å². The number of rotatable bonds is 3. The van der Waals surface area contributed by atoms with E-state index < -0.39 is 0 Å². The summed E-state index contributed by atoms with van der Waals surface area (Å²) in [5.41, 5.74) is 6.99. The van der Waals surface area contributed by atoms with E-state index in [4.69, 9.17) is 0 Å². The molecule has 0 atom stereocenters. The first-order chi connectivity index (χ1) is 12.1. The molecule has 25 heavy (non-hydrogen) atoms. The zero-order valence-corrected chi connectivity index (χ0v) is 14.4. The van der Waals surface area contributed by atoms with E-state index in [0.717, 1.165) is 17.7 Å². The molecule has 126 valence electrons. The van der Waals surface area contributed by atoms with Gasteiger partial charge in [0.15, 0.2) is 0 Å². The highest BCUT2D eigenvalue weighted by Crippen LogP contribution is 2.37. The summed E-state index contributed by atoms with van der Waals surface area (Å²) in [5.74, 6) is 0. The van der Waals surface area contributed by atoms with Gasteiger partial charge in [0, 0.05) is 31.5 Å². The highest BCUT2D eigenvalue weighted by molar-refractivity contribution is 5.90. The van der Waals surface area contributed by atoms with Gasteiger partial charge in [-0.05, 0) is 40.8 Å². The molecule has 1 aliphatic carbocycles. The molecular formula is C20H20N4O. The summed E-state index contributed by atoms with van der Waals surface area (Å²) in [7, 11) is 3.65. The second-order valence-corrected chi connectivity index (χ2v) is 6.51. The largest absolute Gasteiger partial charge is 0.323 e. The Kier molecular flexibility index (Phi) is 3.76. The summed E-state index contributed by atoms with van der Waals surface area (Å²) in [6.45, 7) is 0.524. The van der Waals surface area contributed by atoms with Crippen LogP contribution in [0.3, 0.4) is 0 Å². The summed E-state index contributed by atoms with van der Waals surface area (Å²) in [4.78, 5) is 14.1. The van der Waals surface area contributed by atoms with Crippen LogP contribution in [-0.2, 0) is 20.0 Å². The van der Waals surface area contributed by atoms with Crippen molar-refractivity contribution in [1.29, 1.82) is 0 Å². The average Bonchev–Trinajstić information content (AvgIpc) is 3.17. The van der Waals surface area contributed by atoms with Crippen LogP contribution in [-0.4, -0.2) is 27.8 Å². The van der Waals surface area contributed by atoms with Crippen LogP contribution in [0.1, 0.15) is 16.7 Å². The summed E-state index contributed by atoms with van der Waals surface area (Å²) < 4.78 is 1.74. The van der Waals surface area contributed by atoms with E-state index in [9.17, 15) is 4.79 Å². The maximum Gasteiger partial charge on any atom is 0.321 e. The van der Waals surface area contributed by atoms with Gasteiger partial charge in [0.2, 0.25) is 0 Å². The molecule has 0 saturated heterocycles. The van der Waals surface area contributed by atoms with E-state index in [1.165, 1.54) is 22.3 Å². The van der Waals surface area contributed by atoms with Crippen molar-refractivity contribution in [3.8, 4) is 11.1 Å². The number of carbonyl (C=O) groups is 1. The molecule has 0 saturated carbocycles. The third kappa shape index (κ3) is 3.01. The average molecular weight is 332 g/mol. The lowest BCUT2D eigenvalue weighted by atomic mass is 10.1. The van der Waals surface area contributed by atoms with Crippen LogP contribution >= 0.6 is 0 Å². The van der Waals surface area contributed by atoms with Crippen LogP contribution in [0.5, 0.6) is 0 Å². The number of benzene rings is 2. The Bertz CT molecular complexity index is 944. The van der Waals surface area contributed by atoms with Gasteiger partial charge in [-0.25, -0.2) is 4.79 Å². The molecule has 5 nitrogen and oxygen atoms in total. The van der Waals surface area contributed by atoms with E-state index in [0.29, 0.717) is 6.54 Å². The van der Waals surface area contributed by atoms with Crippen molar-refractivity contribution >= 4 is 11.7 Å². The molecule has 0 fully saturated rings. The van der Waals surface area contributed by atoms with Crippen molar-refractivity contribution < 1.29 is 4.79 Å². The third-order valence-corrected chi connectivity index (χ3v) is 4.57. The highest BCUT2D eigenvalue weighted by atomic mass is 16.2. The van der Waals surface area contributed by atoms with E-state index in [2.05, 4.69) is 46.8 Å². The van der Waals surface area contributed by atoms with Crippen molar-refractivity contribution in [3.05, 3.63) is 71.5 Å². The topological polar surface area (TPSA) is 50.2 Å². The minimum atomic E-state index is -0.126. The number of nitrogens with zero attached hydrogens (tertiary/aromatic N) is 3. The smallest absolute Gasteiger partial charge is 0.321 e. The van der Waals surface area contributed by atoms with Crippen molar-refractivity contribution in [3.63, 3.8) is 0 Å². The summed E-state index contributed by atoms with van der Waals surface area (Å²) >= 11 is 0. The zero-order chi connectivity index (χ0) is 17.4. The fourth-order valence-electron chi connectivity index (χ4n) is 3.34. The van der Waals surface area contributed by atoms with E-state index >= 15 is 0 Å². The standard InChI is InChI=1S/C20H20N4O/c1-23(12-14-11-21-24(2)13-14)20(25)22-17-7-8-19-16(10-17)9-15-5-3-4-6-18(15)19/h3-8,10-11,13H,9,12H2,1-2H3,(H,22,25). The van der Waals surface area contributed by atoms with Crippen LogP contribution in [0.15, 0.2) is 54.9 Å². The maximum atomic E-state index is 12.4. The quantitative estimate of drug-likeness (QED) is 0.622. The molecule has 0 aliphatic heterocycles. The van der Waals surface area contributed by atoms with Gasteiger partial charge in [-0.2, -0.15) is 5.10 Å². The molecule has 0 spiro atoms. The van der Waals surface area contributed by atoms with Gasteiger partial charge >= 0.3 is 6.03 Å². The van der Waals surface area contributed by atoms with Gasteiger partial charge in [-0.15, -0.1) is 0 Å². The number of anilines is 1. The lowest BCUT2D eigenvalue weighted by molar-refractivity contribution is 0.220. The Labute approximate surface area is 146 Å². The van der Waals surface area contributed by atoms with Crippen molar-refractivity contribution in [2.24, 2.45) is 7.05 Å². The SMILES string of the molecule is CN(Cc1cnn(C)c1)C(=O)Nc1ccc2c(c1)Cc1ccccc1-2. The van der Waals surface area contributed by atoms with Crippen LogP contribution < -0.4 is 5.32 Å². The monoisotopic (exact) mass is 332 g/mol. The number of amides is 2. The molecular weight excluding hydrogens is 312 g/mol. The second kappa shape index (κ2) is 6.09. The molecule has 5 heteroatoms. The number of hydrogen-bond acceptors (Lipinski definition) is 2. The Hall–Kier alpha value is -3.08. The van der Waals surface area contributed by atoms with Gasteiger partial charge < -0.3 is 10.2 Å². The molecule has 1 aliphatic rings. The first-order valence-electron chi connectivity index (χ1n) is 8.31. The molecule has 2 amide bonds. The Morgan fingerprint density at radius 2 is 2.00 bits per heavy atom. The van der Waals surface area contributed by atoms with Crippen LogP contribution in [0, 0.1) is 0 Å². The molecule has 1 N–H and O–H groups in total.